The monoisotopic (exact) mass is 232 g/mol. The first kappa shape index (κ1) is 14.3. The molecule has 0 rings (SSSR count). The summed E-state index contributed by atoms with van der Waals surface area (Å²) in [6.45, 7) is 18.2. The van der Waals surface area contributed by atoms with Crippen molar-refractivity contribution in [2.75, 3.05) is 12.4 Å². The molecule has 0 bridgehead atoms. The summed E-state index contributed by atoms with van der Waals surface area (Å²) in [5.41, 5.74) is 0. The van der Waals surface area contributed by atoms with Gasteiger partial charge in [-0.05, 0) is 23.9 Å². The Bertz CT molecular complexity index is 194. The van der Waals surface area contributed by atoms with E-state index in [4.69, 9.17) is 4.43 Å². The van der Waals surface area contributed by atoms with Crippen molar-refractivity contribution in [3.05, 3.63) is 11.5 Å². The molecular weight excluding hydrogens is 208 g/mol. The SMILES string of the molecule is C=C(CO[Si](C)(C)C(C)(C)C)SCC. The summed E-state index contributed by atoms with van der Waals surface area (Å²) < 4.78 is 6.03. The number of thioether (sulfide) groups is 1. The fourth-order valence-corrected chi connectivity index (χ4v) is 2.35. The number of hydrogen-bond donors (Lipinski definition) is 0. The molecular formula is C11H24OSSi. The second-order valence-electron chi connectivity index (χ2n) is 5.02. The van der Waals surface area contributed by atoms with Crippen LogP contribution in [0.15, 0.2) is 11.5 Å². The van der Waals surface area contributed by atoms with Gasteiger partial charge >= 0.3 is 0 Å². The molecule has 0 unspecified atom stereocenters. The summed E-state index contributed by atoms with van der Waals surface area (Å²) in [7, 11) is -1.57. The Morgan fingerprint density at radius 1 is 1.36 bits per heavy atom. The maximum Gasteiger partial charge on any atom is 0.192 e. The van der Waals surface area contributed by atoms with Crippen LogP contribution in [0.5, 0.6) is 0 Å². The van der Waals surface area contributed by atoms with Crippen LogP contribution in [0.3, 0.4) is 0 Å². The summed E-state index contributed by atoms with van der Waals surface area (Å²) in [5.74, 6) is 1.08. The first-order chi connectivity index (χ1) is 6.20. The van der Waals surface area contributed by atoms with Crippen LogP contribution in [0.4, 0.5) is 0 Å². The fourth-order valence-electron chi connectivity index (χ4n) is 0.723. The van der Waals surface area contributed by atoms with Crippen molar-refractivity contribution in [1.82, 2.24) is 0 Å². The Morgan fingerprint density at radius 2 is 1.86 bits per heavy atom. The van der Waals surface area contributed by atoms with E-state index in [0.717, 1.165) is 17.3 Å². The third kappa shape index (κ3) is 4.67. The highest BCUT2D eigenvalue weighted by Gasteiger charge is 2.36. The van der Waals surface area contributed by atoms with Gasteiger partial charge in [0.05, 0.1) is 6.61 Å². The van der Waals surface area contributed by atoms with Crippen LogP contribution in [-0.4, -0.2) is 20.7 Å². The summed E-state index contributed by atoms with van der Waals surface area (Å²) in [5, 5.41) is 0.296. The summed E-state index contributed by atoms with van der Waals surface area (Å²) in [4.78, 5) is 1.15. The fraction of sp³-hybridized carbons (Fsp3) is 0.818. The van der Waals surface area contributed by atoms with Crippen molar-refractivity contribution in [3.8, 4) is 0 Å². The molecule has 0 atom stereocenters. The molecule has 0 radical (unpaired) electrons. The highest BCUT2D eigenvalue weighted by Crippen LogP contribution is 2.37. The molecule has 1 nitrogen and oxygen atoms in total. The van der Waals surface area contributed by atoms with Gasteiger partial charge < -0.3 is 4.43 Å². The second kappa shape index (κ2) is 5.38. The molecule has 0 amide bonds. The van der Waals surface area contributed by atoms with Gasteiger partial charge in [0.15, 0.2) is 8.32 Å². The van der Waals surface area contributed by atoms with Crippen LogP contribution in [0.25, 0.3) is 0 Å². The van der Waals surface area contributed by atoms with Crippen molar-refractivity contribution in [3.63, 3.8) is 0 Å². The lowest BCUT2D eigenvalue weighted by Gasteiger charge is -2.36. The highest BCUT2D eigenvalue weighted by atomic mass is 32.2. The third-order valence-electron chi connectivity index (χ3n) is 2.75. The molecule has 0 spiro atoms. The topological polar surface area (TPSA) is 9.23 Å². The van der Waals surface area contributed by atoms with Crippen molar-refractivity contribution in [2.24, 2.45) is 0 Å². The van der Waals surface area contributed by atoms with Crippen LogP contribution in [0.1, 0.15) is 27.7 Å². The second-order valence-corrected chi connectivity index (χ2v) is 11.3. The molecule has 0 N–H and O–H groups in total. The lowest BCUT2D eigenvalue weighted by molar-refractivity contribution is 0.325. The zero-order valence-electron chi connectivity index (χ0n) is 10.4. The van der Waals surface area contributed by atoms with Crippen LogP contribution in [0, 0.1) is 0 Å². The molecule has 0 aromatic heterocycles. The van der Waals surface area contributed by atoms with E-state index in [1.807, 2.05) is 0 Å². The molecule has 0 saturated heterocycles. The summed E-state index contributed by atoms with van der Waals surface area (Å²) in [6, 6.07) is 0. The molecule has 3 heteroatoms. The van der Waals surface area contributed by atoms with Crippen molar-refractivity contribution < 1.29 is 4.43 Å². The Morgan fingerprint density at radius 3 is 2.21 bits per heavy atom. The minimum Gasteiger partial charge on any atom is -0.412 e. The Kier molecular flexibility index (Phi) is 5.48. The van der Waals surface area contributed by atoms with E-state index in [9.17, 15) is 0 Å². The Labute approximate surface area is 94.4 Å². The molecule has 0 aromatic rings. The minimum atomic E-state index is -1.57. The van der Waals surface area contributed by atoms with Gasteiger partial charge in [-0.2, -0.15) is 0 Å². The highest BCUT2D eigenvalue weighted by molar-refractivity contribution is 8.03. The van der Waals surface area contributed by atoms with Crippen LogP contribution in [-0.2, 0) is 4.43 Å². The minimum absolute atomic E-state index is 0.296. The van der Waals surface area contributed by atoms with Gasteiger partial charge in [0.25, 0.3) is 0 Å². The van der Waals surface area contributed by atoms with E-state index in [2.05, 4.69) is 47.4 Å². The Hall–Kier alpha value is 0.267. The number of hydrogen-bond acceptors (Lipinski definition) is 2. The van der Waals surface area contributed by atoms with E-state index < -0.39 is 8.32 Å². The van der Waals surface area contributed by atoms with Crippen LogP contribution >= 0.6 is 11.8 Å². The van der Waals surface area contributed by atoms with Crippen LogP contribution < -0.4 is 0 Å². The first-order valence-electron chi connectivity index (χ1n) is 5.15. The zero-order chi connectivity index (χ0) is 11.4. The largest absolute Gasteiger partial charge is 0.412 e. The first-order valence-corrected chi connectivity index (χ1v) is 9.04. The molecule has 0 aliphatic rings. The molecule has 0 aliphatic carbocycles. The maximum absolute atomic E-state index is 6.03. The van der Waals surface area contributed by atoms with Crippen LogP contribution in [0.2, 0.25) is 18.1 Å². The van der Waals surface area contributed by atoms with Gasteiger partial charge in [0.2, 0.25) is 0 Å². The molecule has 0 heterocycles. The molecule has 0 fully saturated rings. The molecule has 0 aliphatic heterocycles. The summed E-state index contributed by atoms with van der Waals surface area (Å²) >= 11 is 1.79. The zero-order valence-corrected chi connectivity index (χ0v) is 12.3. The van der Waals surface area contributed by atoms with E-state index in [-0.39, 0.29) is 0 Å². The van der Waals surface area contributed by atoms with Gasteiger partial charge in [-0.1, -0.05) is 34.3 Å². The molecule has 84 valence electrons. The lowest BCUT2D eigenvalue weighted by Crippen LogP contribution is -2.41. The van der Waals surface area contributed by atoms with Crippen molar-refractivity contribution in [1.29, 1.82) is 0 Å². The lowest BCUT2D eigenvalue weighted by atomic mass is 10.2. The standard InChI is InChI=1S/C11H24OSSi/c1-8-13-10(2)9-12-14(6,7)11(3,4)5/h2,8-9H2,1,3-7H3. The van der Waals surface area contributed by atoms with Gasteiger partial charge in [0, 0.05) is 4.91 Å². The smallest absolute Gasteiger partial charge is 0.192 e. The van der Waals surface area contributed by atoms with Gasteiger partial charge in [0.1, 0.15) is 0 Å². The van der Waals surface area contributed by atoms with Crippen molar-refractivity contribution >= 4 is 20.1 Å². The normalized spacial score (nSPS) is 13.0. The Balaban J connectivity index is 4.06. The van der Waals surface area contributed by atoms with Crippen molar-refractivity contribution in [2.45, 2.75) is 45.8 Å². The predicted molar refractivity (Wildman–Crippen MR) is 70.4 cm³/mol. The maximum atomic E-state index is 6.03. The van der Waals surface area contributed by atoms with Gasteiger partial charge in [-0.15, -0.1) is 11.8 Å². The summed E-state index contributed by atoms with van der Waals surface area (Å²) in [6.07, 6.45) is 0. The molecule has 14 heavy (non-hydrogen) atoms. The predicted octanol–water partition coefficient (Wildman–Crippen LogP) is 4.28. The van der Waals surface area contributed by atoms with E-state index in [0.29, 0.717) is 5.04 Å². The molecule has 0 saturated carbocycles. The van der Waals surface area contributed by atoms with Gasteiger partial charge in [-0.3, -0.25) is 0 Å². The van der Waals surface area contributed by atoms with E-state index in [1.165, 1.54) is 0 Å². The van der Waals surface area contributed by atoms with E-state index in [1.54, 1.807) is 11.8 Å². The average molecular weight is 232 g/mol. The van der Waals surface area contributed by atoms with E-state index >= 15 is 0 Å². The van der Waals surface area contributed by atoms with Gasteiger partial charge in [-0.25, -0.2) is 0 Å². The molecule has 0 aromatic carbocycles. The number of rotatable bonds is 5. The quantitative estimate of drug-likeness (QED) is 0.655. The average Bonchev–Trinajstić information content (AvgIpc) is 1.99. The third-order valence-corrected chi connectivity index (χ3v) is 8.04.